The molecule has 4 nitrogen and oxygen atoms in total. The zero-order chi connectivity index (χ0) is 13.3. The molecule has 1 aliphatic carbocycles. The Morgan fingerprint density at radius 1 is 1.33 bits per heavy atom. The van der Waals surface area contributed by atoms with E-state index in [4.69, 9.17) is 10.5 Å². The molecule has 0 aromatic carbocycles. The van der Waals surface area contributed by atoms with Gasteiger partial charge >= 0.3 is 0 Å². The number of ether oxygens (including phenoxy) is 1. The van der Waals surface area contributed by atoms with E-state index < -0.39 is 0 Å². The third-order valence-electron chi connectivity index (χ3n) is 4.81. The maximum atomic E-state index is 12.3. The Bertz CT molecular complexity index is 315. The van der Waals surface area contributed by atoms with Gasteiger partial charge < -0.3 is 15.8 Å². The fourth-order valence-electron chi connectivity index (χ4n) is 3.11. The van der Waals surface area contributed by atoms with Gasteiger partial charge in [0.2, 0.25) is 5.91 Å². The van der Waals surface area contributed by atoms with Crippen LogP contribution in [0.2, 0.25) is 0 Å². The van der Waals surface area contributed by atoms with E-state index in [0.29, 0.717) is 17.9 Å². The predicted octanol–water partition coefficient (Wildman–Crippen LogP) is 1.29. The summed E-state index contributed by atoms with van der Waals surface area (Å²) in [5.41, 5.74) is 5.92. The van der Waals surface area contributed by atoms with Crippen molar-refractivity contribution in [3.63, 3.8) is 0 Å². The van der Waals surface area contributed by atoms with Gasteiger partial charge in [-0.15, -0.1) is 0 Å². The van der Waals surface area contributed by atoms with E-state index in [-0.39, 0.29) is 24.0 Å². The first kappa shape index (κ1) is 13.8. The van der Waals surface area contributed by atoms with Crippen molar-refractivity contribution in [1.82, 2.24) is 5.32 Å². The number of hydrogen-bond donors (Lipinski definition) is 2. The van der Waals surface area contributed by atoms with Crippen molar-refractivity contribution in [3.05, 3.63) is 0 Å². The lowest BCUT2D eigenvalue weighted by atomic mass is 9.88. The topological polar surface area (TPSA) is 64.3 Å². The monoisotopic (exact) mass is 254 g/mol. The molecule has 18 heavy (non-hydrogen) atoms. The Morgan fingerprint density at radius 2 is 2.00 bits per heavy atom. The van der Waals surface area contributed by atoms with E-state index in [1.807, 2.05) is 13.8 Å². The zero-order valence-corrected chi connectivity index (χ0v) is 11.7. The number of carbonyl (C=O) groups is 1. The maximum Gasteiger partial charge on any atom is 0.226 e. The summed E-state index contributed by atoms with van der Waals surface area (Å²) in [4.78, 5) is 12.3. The number of amides is 1. The molecule has 0 aromatic heterocycles. The molecule has 104 valence electrons. The van der Waals surface area contributed by atoms with Crippen molar-refractivity contribution < 1.29 is 9.53 Å². The average molecular weight is 254 g/mol. The molecule has 2 rings (SSSR count). The molecule has 1 heterocycles. The first-order valence-electron chi connectivity index (χ1n) is 7.12. The van der Waals surface area contributed by atoms with Gasteiger partial charge in [-0.05, 0) is 51.0 Å². The molecule has 1 saturated carbocycles. The van der Waals surface area contributed by atoms with Crippen molar-refractivity contribution in [2.45, 2.75) is 52.2 Å². The summed E-state index contributed by atoms with van der Waals surface area (Å²) in [5.74, 6) is 0.445. The molecule has 0 bridgehead atoms. The van der Waals surface area contributed by atoms with Crippen LogP contribution in [-0.2, 0) is 9.53 Å². The fraction of sp³-hybridized carbons (Fsp3) is 0.929. The normalized spacial score (nSPS) is 37.6. The Morgan fingerprint density at radius 3 is 2.44 bits per heavy atom. The fourth-order valence-corrected chi connectivity index (χ4v) is 3.11. The Balaban J connectivity index is 1.85. The maximum absolute atomic E-state index is 12.3. The summed E-state index contributed by atoms with van der Waals surface area (Å²) in [6, 6.07) is 0. The molecule has 2 aliphatic rings. The van der Waals surface area contributed by atoms with Crippen LogP contribution in [-0.4, -0.2) is 31.2 Å². The molecule has 4 unspecified atom stereocenters. The lowest BCUT2D eigenvalue weighted by Crippen LogP contribution is -2.40. The molecule has 4 atom stereocenters. The van der Waals surface area contributed by atoms with Crippen LogP contribution in [0.25, 0.3) is 0 Å². The number of carbonyl (C=O) groups excluding carboxylic acids is 1. The molecule has 2 fully saturated rings. The summed E-state index contributed by atoms with van der Waals surface area (Å²) in [5, 5.41) is 3.12. The molecule has 1 amide bonds. The van der Waals surface area contributed by atoms with Crippen molar-refractivity contribution in [3.8, 4) is 0 Å². The second-order valence-corrected chi connectivity index (χ2v) is 6.19. The first-order valence-corrected chi connectivity index (χ1v) is 7.12. The summed E-state index contributed by atoms with van der Waals surface area (Å²) in [7, 11) is 0. The van der Waals surface area contributed by atoms with Crippen LogP contribution in [0.5, 0.6) is 0 Å². The number of rotatable bonds is 5. The SMILES string of the molecule is CC1OC(C)C(C(=O)NCC2(CCN)CC2)C1C. The quantitative estimate of drug-likeness (QED) is 0.777. The average Bonchev–Trinajstić information content (AvgIpc) is 3.02. The van der Waals surface area contributed by atoms with E-state index in [9.17, 15) is 4.79 Å². The highest BCUT2D eigenvalue weighted by Crippen LogP contribution is 2.47. The van der Waals surface area contributed by atoms with Crippen LogP contribution >= 0.6 is 0 Å². The summed E-state index contributed by atoms with van der Waals surface area (Å²) in [6.45, 7) is 7.65. The van der Waals surface area contributed by atoms with Crippen LogP contribution in [0.15, 0.2) is 0 Å². The highest BCUT2D eigenvalue weighted by Gasteiger charge is 2.45. The lowest BCUT2D eigenvalue weighted by molar-refractivity contribution is -0.127. The van der Waals surface area contributed by atoms with Gasteiger partial charge in [-0.1, -0.05) is 6.92 Å². The first-order chi connectivity index (χ1) is 8.49. The van der Waals surface area contributed by atoms with Gasteiger partial charge in [0.1, 0.15) is 0 Å². The van der Waals surface area contributed by atoms with E-state index in [2.05, 4.69) is 12.2 Å². The third-order valence-corrected chi connectivity index (χ3v) is 4.81. The van der Waals surface area contributed by atoms with E-state index >= 15 is 0 Å². The number of hydrogen-bond acceptors (Lipinski definition) is 3. The largest absolute Gasteiger partial charge is 0.374 e. The summed E-state index contributed by atoms with van der Waals surface area (Å²) < 4.78 is 5.72. The molecule has 0 aromatic rings. The van der Waals surface area contributed by atoms with E-state index in [1.165, 1.54) is 12.8 Å². The van der Waals surface area contributed by atoms with Crippen LogP contribution in [0.3, 0.4) is 0 Å². The van der Waals surface area contributed by atoms with Crippen molar-refractivity contribution >= 4 is 5.91 Å². The second kappa shape index (κ2) is 5.17. The van der Waals surface area contributed by atoms with Gasteiger partial charge in [0.25, 0.3) is 0 Å². The van der Waals surface area contributed by atoms with Gasteiger partial charge in [0.15, 0.2) is 0 Å². The minimum absolute atomic E-state index is 0.00586. The Kier molecular flexibility index (Phi) is 3.97. The minimum Gasteiger partial charge on any atom is -0.374 e. The molecule has 1 aliphatic heterocycles. The highest BCUT2D eigenvalue weighted by molar-refractivity contribution is 5.80. The van der Waals surface area contributed by atoms with E-state index in [1.54, 1.807) is 0 Å². The molecular weight excluding hydrogens is 228 g/mol. The number of nitrogens with one attached hydrogen (secondary N) is 1. The molecule has 0 radical (unpaired) electrons. The third kappa shape index (κ3) is 2.69. The van der Waals surface area contributed by atoms with Gasteiger partial charge in [-0.3, -0.25) is 4.79 Å². The van der Waals surface area contributed by atoms with Crippen LogP contribution in [0.1, 0.15) is 40.0 Å². The molecule has 3 N–H and O–H groups in total. The molecule has 1 saturated heterocycles. The van der Waals surface area contributed by atoms with Gasteiger partial charge in [0.05, 0.1) is 18.1 Å². The van der Waals surface area contributed by atoms with Crippen molar-refractivity contribution in [2.24, 2.45) is 23.0 Å². The van der Waals surface area contributed by atoms with Crippen LogP contribution < -0.4 is 11.1 Å². The Hall–Kier alpha value is -0.610. The van der Waals surface area contributed by atoms with Crippen LogP contribution in [0.4, 0.5) is 0 Å². The zero-order valence-electron chi connectivity index (χ0n) is 11.7. The molecular formula is C14H26N2O2. The van der Waals surface area contributed by atoms with Gasteiger partial charge in [0, 0.05) is 6.54 Å². The van der Waals surface area contributed by atoms with Gasteiger partial charge in [-0.25, -0.2) is 0 Å². The summed E-state index contributed by atoms with van der Waals surface area (Å²) in [6.07, 6.45) is 3.63. The minimum atomic E-state index is -0.00586. The van der Waals surface area contributed by atoms with Gasteiger partial charge in [-0.2, -0.15) is 0 Å². The standard InChI is InChI=1S/C14H26N2O2/c1-9-10(2)18-11(3)12(9)13(17)16-8-14(4-5-14)6-7-15/h9-12H,4-8,15H2,1-3H3,(H,16,17). The summed E-state index contributed by atoms with van der Waals surface area (Å²) >= 11 is 0. The molecule has 0 spiro atoms. The van der Waals surface area contributed by atoms with Crippen molar-refractivity contribution in [2.75, 3.05) is 13.1 Å². The van der Waals surface area contributed by atoms with Crippen LogP contribution in [0, 0.1) is 17.3 Å². The predicted molar refractivity (Wildman–Crippen MR) is 71.0 cm³/mol. The van der Waals surface area contributed by atoms with Crippen molar-refractivity contribution in [1.29, 1.82) is 0 Å². The lowest BCUT2D eigenvalue weighted by Gasteiger charge is -2.21. The molecule has 4 heteroatoms. The second-order valence-electron chi connectivity index (χ2n) is 6.19. The van der Waals surface area contributed by atoms with E-state index in [0.717, 1.165) is 13.0 Å². The highest BCUT2D eigenvalue weighted by atomic mass is 16.5. The Labute approximate surface area is 110 Å². The number of nitrogens with two attached hydrogens (primary N) is 1. The smallest absolute Gasteiger partial charge is 0.226 e.